The first-order valence-corrected chi connectivity index (χ1v) is 9.36. The van der Waals surface area contributed by atoms with E-state index in [2.05, 4.69) is 5.16 Å². The number of aromatic nitrogens is 1. The van der Waals surface area contributed by atoms with E-state index in [-0.39, 0.29) is 17.9 Å². The predicted octanol–water partition coefficient (Wildman–Crippen LogP) is 0.760. The van der Waals surface area contributed by atoms with E-state index in [1.54, 1.807) is 22.9 Å². The number of ether oxygens (including phenoxy) is 2. The van der Waals surface area contributed by atoms with Crippen LogP contribution in [0, 0.1) is 18.8 Å². The zero-order chi connectivity index (χ0) is 19.2. The highest BCUT2D eigenvalue weighted by atomic mass is 16.5. The lowest BCUT2D eigenvalue weighted by molar-refractivity contribution is -0.143. The van der Waals surface area contributed by atoms with Crippen LogP contribution in [-0.2, 0) is 25.6 Å². The lowest BCUT2D eigenvalue weighted by atomic mass is 9.76. The number of likely N-dealkylation sites (tertiary alicyclic amines) is 1. The minimum absolute atomic E-state index is 0.0242. The summed E-state index contributed by atoms with van der Waals surface area (Å²) in [5, 5.41) is 3.85. The normalized spacial score (nSPS) is 31.0. The van der Waals surface area contributed by atoms with Gasteiger partial charge < -0.3 is 23.8 Å². The molecule has 1 aromatic heterocycles. The van der Waals surface area contributed by atoms with Gasteiger partial charge in [0.15, 0.2) is 5.76 Å². The van der Waals surface area contributed by atoms with Gasteiger partial charge >= 0.3 is 0 Å². The molecule has 0 aromatic carbocycles. The molecule has 0 aliphatic carbocycles. The molecule has 27 heavy (non-hydrogen) atoms. The van der Waals surface area contributed by atoms with Crippen molar-refractivity contribution in [1.82, 2.24) is 15.0 Å². The van der Waals surface area contributed by atoms with Crippen molar-refractivity contribution in [2.75, 3.05) is 33.4 Å². The molecule has 4 rings (SSSR count). The number of carbonyl (C=O) groups is 2. The number of fused-ring (bicyclic) bond motifs is 1. The smallest absolute Gasteiger partial charge is 0.230 e. The van der Waals surface area contributed by atoms with E-state index in [9.17, 15) is 9.59 Å². The van der Waals surface area contributed by atoms with Gasteiger partial charge in [0.1, 0.15) is 5.60 Å². The van der Waals surface area contributed by atoms with Gasteiger partial charge in [-0.25, -0.2) is 0 Å². The Bertz CT molecular complexity index is 775. The minimum atomic E-state index is -0.683. The highest BCUT2D eigenvalue weighted by Crippen LogP contribution is 2.52. The highest BCUT2D eigenvalue weighted by molar-refractivity contribution is 5.93. The molecule has 0 saturated carbocycles. The Hall–Kier alpha value is -2.19. The number of rotatable bonds is 7. The summed E-state index contributed by atoms with van der Waals surface area (Å²) in [5.74, 6) is -0.489. The zero-order valence-electron chi connectivity index (χ0n) is 15.9. The van der Waals surface area contributed by atoms with Gasteiger partial charge in [0.2, 0.25) is 11.8 Å². The Morgan fingerprint density at radius 1 is 1.52 bits per heavy atom. The van der Waals surface area contributed by atoms with Crippen molar-refractivity contribution in [2.24, 2.45) is 11.8 Å². The van der Waals surface area contributed by atoms with E-state index < -0.39 is 17.4 Å². The summed E-state index contributed by atoms with van der Waals surface area (Å²) in [4.78, 5) is 29.5. The molecule has 2 saturated heterocycles. The largest absolute Gasteiger partial charge is 0.380 e. The average molecular weight is 375 g/mol. The van der Waals surface area contributed by atoms with Crippen LogP contribution in [0.4, 0.5) is 0 Å². The molecular formula is C19H25N3O5. The molecule has 2 unspecified atom stereocenters. The number of aryl methyl sites for hydroxylation is 1. The van der Waals surface area contributed by atoms with Gasteiger partial charge in [0, 0.05) is 26.3 Å². The SMILES string of the molecule is CCOCCN1C[C@@]23C=C[C@@H](O2)C(C(=O)N(C)Cc2cc(C)no2)C3C1=O. The molecular weight excluding hydrogens is 350 g/mol. The minimum Gasteiger partial charge on any atom is -0.380 e. The number of hydrogen-bond acceptors (Lipinski definition) is 6. The van der Waals surface area contributed by atoms with Crippen LogP contribution in [0.15, 0.2) is 22.7 Å². The number of amides is 2. The van der Waals surface area contributed by atoms with Gasteiger partial charge in [-0.15, -0.1) is 0 Å². The van der Waals surface area contributed by atoms with Crippen LogP contribution in [0.5, 0.6) is 0 Å². The summed E-state index contributed by atoms with van der Waals surface area (Å²) in [7, 11) is 1.72. The molecule has 0 radical (unpaired) electrons. The quantitative estimate of drug-likeness (QED) is 0.517. The van der Waals surface area contributed by atoms with E-state index in [1.165, 1.54) is 0 Å². The molecule has 8 nitrogen and oxygen atoms in total. The summed E-state index contributed by atoms with van der Waals surface area (Å²) in [6, 6.07) is 1.80. The molecule has 3 aliphatic heterocycles. The summed E-state index contributed by atoms with van der Waals surface area (Å²) in [5.41, 5.74) is 0.0877. The van der Waals surface area contributed by atoms with Crippen molar-refractivity contribution in [2.45, 2.75) is 32.1 Å². The maximum Gasteiger partial charge on any atom is 0.230 e. The van der Waals surface area contributed by atoms with Crippen LogP contribution < -0.4 is 0 Å². The van der Waals surface area contributed by atoms with Gasteiger partial charge in [-0.1, -0.05) is 17.3 Å². The molecule has 2 amide bonds. The van der Waals surface area contributed by atoms with Crippen molar-refractivity contribution in [1.29, 1.82) is 0 Å². The van der Waals surface area contributed by atoms with E-state index in [0.29, 0.717) is 38.6 Å². The molecule has 2 bridgehead atoms. The molecule has 4 heterocycles. The third-order valence-electron chi connectivity index (χ3n) is 5.62. The fourth-order valence-electron chi connectivity index (χ4n) is 4.43. The van der Waals surface area contributed by atoms with Crippen molar-refractivity contribution in [3.63, 3.8) is 0 Å². The first-order valence-electron chi connectivity index (χ1n) is 9.36. The molecule has 1 spiro atoms. The molecule has 1 aromatic rings. The van der Waals surface area contributed by atoms with Crippen LogP contribution in [0.25, 0.3) is 0 Å². The van der Waals surface area contributed by atoms with Crippen molar-refractivity contribution >= 4 is 11.8 Å². The zero-order valence-corrected chi connectivity index (χ0v) is 15.9. The highest BCUT2D eigenvalue weighted by Gasteiger charge is 2.67. The number of hydrogen-bond donors (Lipinski definition) is 0. The fourth-order valence-corrected chi connectivity index (χ4v) is 4.43. The second kappa shape index (κ2) is 6.76. The van der Waals surface area contributed by atoms with Gasteiger partial charge in [0.25, 0.3) is 0 Å². The van der Waals surface area contributed by atoms with E-state index >= 15 is 0 Å². The maximum atomic E-state index is 13.2. The molecule has 3 aliphatic rings. The summed E-state index contributed by atoms with van der Waals surface area (Å²) in [6.45, 7) is 6.17. The fraction of sp³-hybridized carbons (Fsp3) is 0.632. The third kappa shape index (κ3) is 2.96. The van der Waals surface area contributed by atoms with E-state index in [0.717, 1.165) is 5.69 Å². The first kappa shape index (κ1) is 18.2. The van der Waals surface area contributed by atoms with Crippen molar-refractivity contribution < 1.29 is 23.6 Å². The Morgan fingerprint density at radius 2 is 2.33 bits per heavy atom. The first-order chi connectivity index (χ1) is 12.9. The van der Waals surface area contributed by atoms with Crippen molar-refractivity contribution in [3.8, 4) is 0 Å². The van der Waals surface area contributed by atoms with Crippen LogP contribution in [0.3, 0.4) is 0 Å². The topological polar surface area (TPSA) is 85.1 Å². The molecule has 146 valence electrons. The molecule has 4 atom stereocenters. The number of nitrogens with zero attached hydrogens (tertiary/aromatic N) is 3. The summed E-state index contributed by atoms with van der Waals surface area (Å²) in [6.07, 6.45) is 3.54. The Balaban J connectivity index is 1.49. The van der Waals surface area contributed by atoms with Crippen molar-refractivity contribution in [3.05, 3.63) is 29.7 Å². The Labute approximate surface area is 158 Å². The van der Waals surface area contributed by atoms with Gasteiger partial charge in [-0.05, 0) is 13.8 Å². The van der Waals surface area contributed by atoms with Gasteiger partial charge in [-0.3, -0.25) is 9.59 Å². The van der Waals surface area contributed by atoms with Crippen LogP contribution in [-0.4, -0.2) is 71.8 Å². The molecule has 8 heteroatoms. The molecule has 0 N–H and O–H groups in total. The van der Waals surface area contributed by atoms with E-state index in [4.69, 9.17) is 14.0 Å². The Kier molecular flexibility index (Phi) is 4.55. The predicted molar refractivity (Wildman–Crippen MR) is 94.5 cm³/mol. The average Bonchev–Trinajstić information content (AvgIpc) is 3.37. The standard InChI is InChI=1S/C19H25N3O5/c1-4-25-8-7-22-11-19-6-5-14(26-19)15(16(19)18(22)24)17(23)21(3)10-13-9-12(2)20-27-13/h5-6,9,14-16H,4,7-8,10-11H2,1-3H3/t14-,15?,16?,19-/m1/s1. The maximum absolute atomic E-state index is 13.2. The summed E-state index contributed by atoms with van der Waals surface area (Å²) < 4.78 is 16.7. The van der Waals surface area contributed by atoms with Crippen LogP contribution >= 0.6 is 0 Å². The molecule has 2 fully saturated rings. The van der Waals surface area contributed by atoms with E-state index in [1.807, 2.05) is 26.0 Å². The second-order valence-corrected chi connectivity index (χ2v) is 7.49. The van der Waals surface area contributed by atoms with Gasteiger partial charge in [0.05, 0.1) is 43.3 Å². The second-order valence-electron chi connectivity index (χ2n) is 7.49. The monoisotopic (exact) mass is 375 g/mol. The van der Waals surface area contributed by atoms with Gasteiger partial charge in [-0.2, -0.15) is 0 Å². The van der Waals surface area contributed by atoms with Crippen LogP contribution in [0.1, 0.15) is 18.4 Å². The lowest BCUT2D eigenvalue weighted by Gasteiger charge is -2.27. The lowest BCUT2D eigenvalue weighted by Crippen LogP contribution is -2.44. The van der Waals surface area contributed by atoms with Crippen LogP contribution in [0.2, 0.25) is 0 Å². The Morgan fingerprint density at radius 3 is 3.04 bits per heavy atom. The number of carbonyl (C=O) groups excluding carboxylic acids is 2. The summed E-state index contributed by atoms with van der Waals surface area (Å²) >= 11 is 0. The third-order valence-corrected chi connectivity index (χ3v) is 5.62.